The lowest BCUT2D eigenvalue weighted by Gasteiger charge is -2.41. The Hall–Kier alpha value is -1.97. The summed E-state index contributed by atoms with van der Waals surface area (Å²) in [6.45, 7) is 1.33. The predicted octanol–water partition coefficient (Wildman–Crippen LogP) is -1.13. The Bertz CT molecular complexity index is 742. The SMILES string of the molecule is CC(=O)n1c(OC2C(O)C(O)C(O)C(O)C2O)cc2ccccc21. The summed E-state index contributed by atoms with van der Waals surface area (Å²) >= 11 is 0. The first kappa shape index (κ1) is 16.9. The van der Waals surface area contributed by atoms with Crippen LogP contribution in [0.15, 0.2) is 30.3 Å². The van der Waals surface area contributed by atoms with Crippen LogP contribution in [0.4, 0.5) is 0 Å². The van der Waals surface area contributed by atoms with Gasteiger partial charge in [0.25, 0.3) is 0 Å². The van der Waals surface area contributed by atoms with E-state index in [0.29, 0.717) is 10.9 Å². The van der Waals surface area contributed by atoms with Crippen molar-refractivity contribution in [1.82, 2.24) is 4.57 Å². The minimum Gasteiger partial charge on any atom is -0.469 e. The van der Waals surface area contributed by atoms with Crippen molar-refractivity contribution >= 4 is 16.8 Å². The maximum absolute atomic E-state index is 11.9. The molecule has 8 heteroatoms. The van der Waals surface area contributed by atoms with E-state index in [0.717, 1.165) is 0 Å². The van der Waals surface area contributed by atoms with Gasteiger partial charge in [-0.2, -0.15) is 0 Å². The van der Waals surface area contributed by atoms with Gasteiger partial charge in [0.05, 0.1) is 5.52 Å². The minimum absolute atomic E-state index is 0.0580. The largest absolute Gasteiger partial charge is 0.469 e. The highest BCUT2D eigenvalue weighted by molar-refractivity contribution is 5.93. The lowest BCUT2D eigenvalue weighted by molar-refractivity contribution is -0.217. The fourth-order valence-electron chi connectivity index (χ4n) is 3.02. The van der Waals surface area contributed by atoms with Gasteiger partial charge < -0.3 is 30.3 Å². The van der Waals surface area contributed by atoms with Crippen LogP contribution in [0.1, 0.15) is 11.7 Å². The first-order valence-corrected chi connectivity index (χ1v) is 7.51. The zero-order chi connectivity index (χ0) is 17.6. The monoisotopic (exact) mass is 337 g/mol. The first-order chi connectivity index (χ1) is 11.3. The van der Waals surface area contributed by atoms with E-state index in [1.165, 1.54) is 11.5 Å². The van der Waals surface area contributed by atoms with Crippen molar-refractivity contribution in [3.63, 3.8) is 0 Å². The lowest BCUT2D eigenvalue weighted by Crippen LogP contribution is -2.65. The second kappa shape index (κ2) is 6.15. The lowest BCUT2D eigenvalue weighted by atomic mass is 9.85. The molecule has 0 saturated heterocycles. The number of aliphatic hydroxyl groups is 5. The van der Waals surface area contributed by atoms with E-state index in [-0.39, 0.29) is 11.8 Å². The number of aliphatic hydroxyl groups excluding tert-OH is 5. The van der Waals surface area contributed by atoms with E-state index in [1.54, 1.807) is 30.3 Å². The van der Waals surface area contributed by atoms with Crippen molar-refractivity contribution in [1.29, 1.82) is 0 Å². The Balaban J connectivity index is 2.00. The second-order valence-corrected chi connectivity index (χ2v) is 5.93. The Kier molecular flexibility index (Phi) is 4.33. The Morgan fingerprint density at radius 3 is 2.08 bits per heavy atom. The molecule has 8 nitrogen and oxygen atoms in total. The Morgan fingerprint density at radius 1 is 0.958 bits per heavy atom. The molecule has 130 valence electrons. The zero-order valence-electron chi connectivity index (χ0n) is 12.9. The van der Waals surface area contributed by atoms with Gasteiger partial charge in [0, 0.05) is 18.4 Å². The van der Waals surface area contributed by atoms with Crippen molar-refractivity contribution in [2.75, 3.05) is 0 Å². The number of rotatable bonds is 2. The third-order valence-corrected chi connectivity index (χ3v) is 4.32. The highest BCUT2D eigenvalue weighted by Crippen LogP contribution is 2.30. The highest BCUT2D eigenvalue weighted by atomic mass is 16.5. The van der Waals surface area contributed by atoms with E-state index >= 15 is 0 Å². The molecule has 1 aliphatic rings. The van der Waals surface area contributed by atoms with E-state index < -0.39 is 36.6 Å². The maximum Gasteiger partial charge on any atom is 0.230 e. The summed E-state index contributed by atoms with van der Waals surface area (Å²) < 4.78 is 6.82. The molecule has 1 aliphatic carbocycles. The smallest absolute Gasteiger partial charge is 0.230 e. The first-order valence-electron chi connectivity index (χ1n) is 7.51. The summed E-state index contributed by atoms with van der Waals surface area (Å²) in [5.74, 6) is -0.283. The summed E-state index contributed by atoms with van der Waals surface area (Å²) in [6.07, 6.45) is -9.78. The molecule has 1 heterocycles. The molecule has 1 aromatic heterocycles. The molecular formula is C16H19NO7. The number of aromatic nitrogens is 1. The molecule has 0 radical (unpaired) electrons. The van der Waals surface area contributed by atoms with Gasteiger partial charge in [0.15, 0.2) is 6.10 Å². The van der Waals surface area contributed by atoms with E-state index in [2.05, 4.69) is 0 Å². The molecular weight excluding hydrogens is 318 g/mol. The van der Waals surface area contributed by atoms with Crippen LogP contribution >= 0.6 is 0 Å². The number of hydrogen-bond acceptors (Lipinski definition) is 7. The molecule has 2 aromatic rings. The standard InChI is InChI=1S/C16H19NO7/c1-7(18)17-9-5-3-2-4-8(9)6-10(17)24-16-14(22)12(20)11(19)13(21)15(16)23/h2-6,11-16,19-23H,1H3. The van der Waals surface area contributed by atoms with Crippen LogP contribution in [0, 0.1) is 0 Å². The van der Waals surface area contributed by atoms with E-state index in [1.807, 2.05) is 0 Å². The highest BCUT2D eigenvalue weighted by Gasteiger charge is 2.50. The molecule has 4 unspecified atom stereocenters. The minimum atomic E-state index is -1.70. The Labute approximate surface area is 137 Å². The fourth-order valence-corrected chi connectivity index (χ4v) is 3.02. The number of nitrogens with zero attached hydrogens (tertiary/aromatic N) is 1. The average Bonchev–Trinajstić information content (AvgIpc) is 2.93. The van der Waals surface area contributed by atoms with Crippen molar-refractivity contribution in [3.8, 4) is 5.88 Å². The number of para-hydroxylation sites is 1. The van der Waals surface area contributed by atoms with Gasteiger partial charge in [-0.1, -0.05) is 18.2 Å². The van der Waals surface area contributed by atoms with Crippen molar-refractivity contribution in [2.24, 2.45) is 0 Å². The molecule has 4 atom stereocenters. The molecule has 1 fully saturated rings. The van der Waals surface area contributed by atoms with Gasteiger partial charge in [-0.05, 0) is 6.07 Å². The third-order valence-electron chi connectivity index (χ3n) is 4.32. The summed E-state index contributed by atoms with van der Waals surface area (Å²) in [5, 5.41) is 50.0. The van der Waals surface area contributed by atoms with Crippen LogP contribution in [-0.2, 0) is 0 Å². The predicted molar refractivity (Wildman–Crippen MR) is 82.7 cm³/mol. The topological polar surface area (TPSA) is 132 Å². The molecule has 24 heavy (non-hydrogen) atoms. The number of fused-ring (bicyclic) bond motifs is 1. The van der Waals surface area contributed by atoms with Crippen LogP contribution in [0.3, 0.4) is 0 Å². The summed E-state index contributed by atoms with van der Waals surface area (Å²) in [7, 11) is 0. The molecule has 3 rings (SSSR count). The van der Waals surface area contributed by atoms with Crippen LogP contribution in [0.5, 0.6) is 5.88 Å². The van der Waals surface area contributed by atoms with Gasteiger partial charge in [0.2, 0.25) is 11.8 Å². The third kappa shape index (κ3) is 2.58. The van der Waals surface area contributed by atoms with Gasteiger partial charge in [-0.25, -0.2) is 0 Å². The summed E-state index contributed by atoms with van der Waals surface area (Å²) in [4.78, 5) is 11.9. The van der Waals surface area contributed by atoms with Crippen LogP contribution in [0.25, 0.3) is 10.9 Å². The van der Waals surface area contributed by atoms with Gasteiger partial charge >= 0.3 is 0 Å². The quantitative estimate of drug-likeness (QED) is 0.468. The van der Waals surface area contributed by atoms with Gasteiger partial charge in [0.1, 0.15) is 30.5 Å². The van der Waals surface area contributed by atoms with Crippen molar-refractivity contribution < 1.29 is 35.1 Å². The molecule has 1 saturated carbocycles. The Morgan fingerprint density at radius 2 is 1.50 bits per heavy atom. The zero-order valence-corrected chi connectivity index (χ0v) is 12.9. The van der Waals surface area contributed by atoms with E-state index in [9.17, 15) is 30.3 Å². The summed E-state index contributed by atoms with van der Waals surface area (Å²) in [6, 6.07) is 8.57. The number of benzene rings is 1. The normalized spacial score (nSPS) is 33.6. The molecule has 0 spiro atoms. The van der Waals surface area contributed by atoms with Crippen LogP contribution in [-0.4, -0.2) is 72.6 Å². The number of carbonyl (C=O) groups is 1. The molecule has 5 N–H and O–H groups in total. The number of hydrogen-bond donors (Lipinski definition) is 5. The summed E-state index contributed by atoms with van der Waals surface area (Å²) in [5.41, 5.74) is 0.584. The second-order valence-electron chi connectivity index (χ2n) is 5.93. The molecule has 0 bridgehead atoms. The van der Waals surface area contributed by atoms with E-state index in [4.69, 9.17) is 4.74 Å². The number of ether oxygens (including phenoxy) is 1. The number of carbonyl (C=O) groups excluding carboxylic acids is 1. The average molecular weight is 337 g/mol. The van der Waals surface area contributed by atoms with Crippen LogP contribution in [0.2, 0.25) is 0 Å². The van der Waals surface area contributed by atoms with Gasteiger partial charge in [-0.3, -0.25) is 9.36 Å². The van der Waals surface area contributed by atoms with Crippen molar-refractivity contribution in [2.45, 2.75) is 43.5 Å². The molecule has 1 aromatic carbocycles. The van der Waals surface area contributed by atoms with Crippen LogP contribution < -0.4 is 4.74 Å². The molecule has 0 aliphatic heterocycles. The molecule has 0 amide bonds. The maximum atomic E-state index is 11.9. The van der Waals surface area contributed by atoms with Gasteiger partial charge in [-0.15, -0.1) is 0 Å². The fraction of sp³-hybridized carbons (Fsp3) is 0.438. The van der Waals surface area contributed by atoms with Crippen molar-refractivity contribution in [3.05, 3.63) is 30.3 Å².